The lowest BCUT2D eigenvalue weighted by atomic mass is 10.0. The van der Waals surface area contributed by atoms with E-state index in [0.29, 0.717) is 6.42 Å². The summed E-state index contributed by atoms with van der Waals surface area (Å²) in [5, 5.41) is 2.61. The number of nitrogens with two attached hydrogens (primary N) is 1. The van der Waals surface area contributed by atoms with Crippen molar-refractivity contribution in [2.75, 3.05) is 0 Å². The van der Waals surface area contributed by atoms with Crippen molar-refractivity contribution < 1.29 is 18.4 Å². The van der Waals surface area contributed by atoms with E-state index >= 15 is 0 Å². The molecule has 1 aliphatic carbocycles. The summed E-state index contributed by atoms with van der Waals surface area (Å²) in [7, 11) is 0. The van der Waals surface area contributed by atoms with Crippen molar-refractivity contribution in [1.29, 1.82) is 0 Å². The standard InChI is InChI=1S/C19H18F2N2O2/c20-14-7-4-8-15(21)17(14)12-10-13(12)19(25)23-16(18(22)24)9-11-5-2-1-3-6-11/h1-8,12-13,16H,9-10H2,(H2,22,24)(H,23,25)/t12-,13+,16-/m0/s1. The van der Waals surface area contributed by atoms with Crippen LogP contribution in [0.4, 0.5) is 8.78 Å². The summed E-state index contributed by atoms with van der Waals surface area (Å²) in [6.07, 6.45) is 0.619. The van der Waals surface area contributed by atoms with Crippen LogP contribution in [0.1, 0.15) is 23.5 Å². The first-order valence-corrected chi connectivity index (χ1v) is 8.05. The monoisotopic (exact) mass is 344 g/mol. The average molecular weight is 344 g/mol. The van der Waals surface area contributed by atoms with Gasteiger partial charge in [-0.1, -0.05) is 36.4 Å². The molecule has 1 saturated carbocycles. The summed E-state index contributed by atoms with van der Waals surface area (Å²) >= 11 is 0. The lowest BCUT2D eigenvalue weighted by molar-refractivity contribution is -0.128. The van der Waals surface area contributed by atoms with E-state index in [2.05, 4.69) is 5.32 Å². The minimum Gasteiger partial charge on any atom is -0.368 e. The molecule has 1 fully saturated rings. The fourth-order valence-electron chi connectivity index (χ4n) is 3.02. The van der Waals surface area contributed by atoms with Gasteiger partial charge in [-0.25, -0.2) is 8.78 Å². The quantitative estimate of drug-likeness (QED) is 0.844. The van der Waals surface area contributed by atoms with Gasteiger partial charge in [0.2, 0.25) is 11.8 Å². The fourth-order valence-corrected chi connectivity index (χ4v) is 3.02. The Morgan fingerprint density at radius 2 is 1.72 bits per heavy atom. The maximum Gasteiger partial charge on any atom is 0.240 e. The topological polar surface area (TPSA) is 72.2 Å². The van der Waals surface area contributed by atoms with Gasteiger partial charge in [-0.3, -0.25) is 9.59 Å². The van der Waals surface area contributed by atoms with Gasteiger partial charge in [0.05, 0.1) is 0 Å². The van der Waals surface area contributed by atoms with Crippen molar-refractivity contribution in [3.63, 3.8) is 0 Å². The zero-order valence-electron chi connectivity index (χ0n) is 13.4. The van der Waals surface area contributed by atoms with Crippen molar-refractivity contribution in [1.82, 2.24) is 5.32 Å². The molecule has 0 heterocycles. The van der Waals surface area contributed by atoms with E-state index < -0.39 is 41.3 Å². The Morgan fingerprint density at radius 3 is 2.32 bits per heavy atom. The Hall–Kier alpha value is -2.76. The largest absolute Gasteiger partial charge is 0.368 e. The van der Waals surface area contributed by atoms with E-state index in [1.807, 2.05) is 30.3 Å². The van der Waals surface area contributed by atoms with Crippen LogP contribution >= 0.6 is 0 Å². The Kier molecular flexibility index (Phi) is 4.79. The molecule has 0 spiro atoms. The summed E-state index contributed by atoms with van der Waals surface area (Å²) in [4.78, 5) is 24.0. The number of carbonyl (C=O) groups excluding carboxylic acids is 2. The van der Waals surface area contributed by atoms with Gasteiger partial charge in [0.25, 0.3) is 0 Å². The molecule has 1 aliphatic rings. The molecule has 3 atom stereocenters. The number of benzene rings is 2. The van der Waals surface area contributed by atoms with Crippen LogP contribution in [0.2, 0.25) is 0 Å². The molecule has 2 aromatic carbocycles. The second-order valence-corrected chi connectivity index (χ2v) is 6.24. The normalized spacial score (nSPS) is 19.9. The van der Waals surface area contributed by atoms with E-state index in [9.17, 15) is 18.4 Å². The molecule has 0 radical (unpaired) electrons. The number of amides is 2. The highest BCUT2D eigenvalue weighted by Gasteiger charge is 2.47. The first kappa shape index (κ1) is 17.1. The fraction of sp³-hybridized carbons (Fsp3) is 0.263. The molecule has 0 bridgehead atoms. The van der Waals surface area contributed by atoms with Crippen LogP contribution in [0.25, 0.3) is 0 Å². The van der Waals surface area contributed by atoms with Crippen molar-refractivity contribution in [2.24, 2.45) is 11.7 Å². The van der Waals surface area contributed by atoms with Gasteiger partial charge in [-0.15, -0.1) is 0 Å². The summed E-state index contributed by atoms with van der Waals surface area (Å²) in [6.45, 7) is 0. The number of halogens is 2. The van der Waals surface area contributed by atoms with Gasteiger partial charge in [0.1, 0.15) is 17.7 Å². The lowest BCUT2D eigenvalue weighted by Crippen LogP contribution is -2.46. The lowest BCUT2D eigenvalue weighted by Gasteiger charge is -2.16. The maximum absolute atomic E-state index is 13.8. The van der Waals surface area contributed by atoms with Gasteiger partial charge >= 0.3 is 0 Å². The van der Waals surface area contributed by atoms with Gasteiger partial charge in [-0.05, 0) is 24.1 Å². The van der Waals surface area contributed by atoms with Crippen LogP contribution < -0.4 is 11.1 Å². The highest BCUT2D eigenvalue weighted by atomic mass is 19.1. The molecule has 130 valence electrons. The third-order valence-corrected chi connectivity index (χ3v) is 4.44. The van der Waals surface area contributed by atoms with Gasteiger partial charge in [0.15, 0.2) is 0 Å². The zero-order valence-corrected chi connectivity index (χ0v) is 13.4. The van der Waals surface area contributed by atoms with E-state index in [1.54, 1.807) is 0 Å². The Balaban J connectivity index is 1.66. The predicted octanol–water partition coefficient (Wildman–Crippen LogP) is 2.28. The van der Waals surface area contributed by atoms with Crippen LogP contribution in [0.15, 0.2) is 48.5 Å². The van der Waals surface area contributed by atoms with Crippen molar-refractivity contribution >= 4 is 11.8 Å². The second-order valence-electron chi connectivity index (χ2n) is 6.24. The molecule has 0 saturated heterocycles. The number of hydrogen-bond donors (Lipinski definition) is 2. The Bertz CT molecular complexity index is 775. The van der Waals surface area contributed by atoms with Crippen LogP contribution in [0.3, 0.4) is 0 Å². The van der Waals surface area contributed by atoms with E-state index in [4.69, 9.17) is 5.73 Å². The second kappa shape index (κ2) is 7.01. The van der Waals surface area contributed by atoms with Crippen LogP contribution in [-0.2, 0) is 16.0 Å². The average Bonchev–Trinajstić information content (AvgIpc) is 3.35. The third-order valence-electron chi connectivity index (χ3n) is 4.44. The van der Waals surface area contributed by atoms with E-state index in [0.717, 1.165) is 5.56 Å². The summed E-state index contributed by atoms with van der Waals surface area (Å²) in [5.74, 6) is -3.43. The molecule has 3 N–H and O–H groups in total. The molecule has 2 amide bonds. The van der Waals surface area contributed by atoms with E-state index in [1.165, 1.54) is 18.2 Å². The first-order valence-electron chi connectivity index (χ1n) is 8.05. The zero-order chi connectivity index (χ0) is 18.0. The maximum atomic E-state index is 13.8. The highest BCUT2D eigenvalue weighted by Crippen LogP contribution is 2.49. The molecular weight excluding hydrogens is 326 g/mol. The first-order chi connectivity index (χ1) is 12.0. The minimum atomic E-state index is -0.860. The molecule has 25 heavy (non-hydrogen) atoms. The number of carbonyl (C=O) groups is 2. The molecule has 3 rings (SSSR count). The minimum absolute atomic E-state index is 0.0682. The molecular formula is C19H18F2N2O2. The molecule has 0 unspecified atom stereocenters. The van der Waals surface area contributed by atoms with Gasteiger partial charge in [0, 0.05) is 23.8 Å². The van der Waals surface area contributed by atoms with Crippen molar-refractivity contribution in [2.45, 2.75) is 24.8 Å². The SMILES string of the molecule is NC(=O)[C@H](Cc1ccccc1)NC(=O)[C@@H]1C[C@@H]1c1c(F)cccc1F. The molecule has 0 aromatic heterocycles. The van der Waals surface area contributed by atoms with Gasteiger partial charge in [-0.2, -0.15) is 0 Å². The number of primary amides is 1. The smallest absolute Gasteiger partial charge is 0.240 e. The van der Waals surface area contributed by atoms with Gasteiger partial charge < -0.3 is 11.1 Å². The summed E-state index contributed by atoms with van der Waals surface area (Å²) in [5.41, 5.74) is 6.17. The Labute approximate surface area is 144 Å². The van der Waals surface area contributed by atoms with Crippen molar-refractivity contribution in [3.8, 4) is 0 Å². The molecule has 2 aromatic rings. The summed E-state index contributed by atoms with van der Waals surface area (Å²) < 4.78 is 27.6. The molecule has 6 heteroatoms. The number of rotatable bonds is 6. The predicted molar refractivity (Wildman–Crippen MR) is 88.5 cm³/mol. The van der Waals surface area contributed by atoms with Crippen molar-refractivity contribution in [3.05, 3.63) is 71.3 Å². The van der Waals surface area contributed by atoms with Crippen LogP contribution in [0.5, 0.6) is 0 Å². The number of hydrogen-bond acceptors (Lipinski definition) is 2. The highest BCUT2D eigenvalue weighted by molar-refractivity contribution is 5.89. The van der Waals surface area contributed by atoms with Crippen LogP contribution in [-0.4, -0.2) is 17.9 Å². The number of nitrogens with one attached hydrogen (secondary N) is 1. The van der Waals surface area contributed by atoms with E-state index in [-0.39, 0.29) is 12.0 Å². The Morgan fingerprint density at radius 1 is 1.08 bits per heavy atom. The molecule has 0 aliphatic heterocycles. The summed E-state index contributed by atoms with van der Waals surface area (Å²) in [6, 6.07) is 11.9. The van der Waals surface area contributed by atoms with Crippen LogP contribution in [0, 0.1) is 17.6 Å². The third kappa shape index (κ3) is 3.84. The molecule has 4 nitrogen and oxygen atoms in total.